The molecule has 0 bridgehead atoms. The summed E-state index contributed by atoms with van der Waals surface area (Å²) in [5, 5.41) is 13.4. The molecule has 33 heavy (non-hydrogen) atoms. The number of anilines is 2. The average molecular weight is 466 g/mol. The molecule has 170 valence electrons. The second-order valence-corrected chi connectivity index (χ2v) is 8.82. The molecule has 3 aromatic heterocycles. The molecule has 5 rings (SSSR count). The van der Waals surface area contributed by atoms with Crippen molar-refractivity contribution in [3.05, 3.63) is 64.5 Å². The van der Waals surface area contributed by atoms with Crippen LogP contribution in [0.2, 0.25) is 5.02 Å². The van der Waals surface area contributed by atoms with Crippen LogP contribution in [-0.4, -0.2) is 29.5 Å². The van der Waals surface area contributed by atoms with Gasteiger partial charge in [-0.25, -0.2) is 19.0 Å². The number of nitrogens with one attached hydrogen (secondary N) is 1. The molecule has 1 aliphatic rings. The minimum absolute atomic E-state index is 0.249. The molecule has 1 N–H and O–H groups in total. The van der Waals surface area contributed by atoms with Gasteiger partial charge in [0.05, 0.1) is 22.1 Å². The molecule has 0 radical (unpaired) electrons. The summed E-state index contributed by atoms with van der Waals surface area (Å²) < 4.78 is 17.3. The Labute approximate surface area is 196 Å². The van der Waals surface area contributed by atoms with Gasteiger partial charge in [0.2, 0.25) is 0 Å². The quantitative estimate of drug-likeness (QED) is 0.381. The van der Waals surface area contributed by atoms with Crippen LogP contribution in [0.3, 0.4) is 0 Å². The Morgan fingerprint density at radius 1 is 1.12 bits per heavy atom. The van der Waals surface area contributed by atoms with E-state index in [4.69, 9.17) is 16.7 Å². The zero-order valence-corrected chi connectivity index (χ0v) is 19.6. The molecular formula is C24H25ClFN7. The van der Waals surface area contributed by atoms with Gasteiger partial charge in [-0.05, 0) is 63.3 Å². The van der Waals surface area contributed by atoms with Crippen LogP contribution in [0.1, 0.15) is 36.7 Å². The first kappa shape index (κ1) is 21.6. The predicted octanol–water partition coefficient (Wildman–Crippen LogP) is 5.65. The summed E-state index contributed by atoms with van der Waals surface area (Å²) in [6.45, 7) is 6.71. The summed E-state index contributed by atoms with van der Waals surface area (Å²) in [5.74, 6) is 2.37. The zero-order chi connectivity index (χ0) is 23.1. The molecule has 3 heterocycles. The van der Waals surface area contributed by atoms with Crippen molar-refractivity contribution in [2.75, 3.05) is 5.32 Å². The van der Waals surface area contributed by atoms with Gasteiger partial charge in [0, 0.05) is 23.7 Å². The summed E-state index contributed by atoms with van der Waals surface area (Å²) in [4.78, 5) is 8.76. The lowest BCUT2D eigenvalue weighted by Gasteiger charge is -2.09. The van der Waals surface area contributed by atoms with Crippen LogP contribution in [0.15, 0.2) is 36.7 Å². The largest absolute Gasteiger partial charge is 0.323 e. The van der Waals surface area contributed by atoms with Crippen molar-refractivity contribution in [2.24, 2.45) is 5.92 Å². The third-order valence-electron chi connectivity index (χ3n) is 5.97. The standard InChI is InChI=1S/C24H25ClFN7/c1-4-19-23(17-7-9-18(26)10-8-17)32(12-16-5-6-16)31-24(19)29-20-11-21(28-13-27-20)33-15(3)22(25)14(2)30-33/h7-11,13,16H,4-6,12H2,1-3H3,(H,27,28,29,31). The number of rotatable bonds is 7. The van der Waals surface area contributed by atoms with E-state index in [-0.39, 0.29) is 5.82 Å². The average Bonchev–Trinajstić information content (AvgIpc) is 3.51. The Balaban J connectivity index is 1.53. The molecule has 0 aliphatic heterocycles. The van der Waals surface area contributed by atoms with Gasteiger partial charge < -0.3 is 5.32 Å². The van der Waals surface area contributed by atoms with E-state index in [1.807, 2.05) is 32.0 Å². The number of aryl methyl sites for hydroxylation is 1. The summed E-state index contributed by atoms with van der Waals surface area (Å²) in [6.07, 6.45) is 4.70. The number of aromatic nitrogens is 6. The number of hydrogen-bond acceptors (Lipinski definition) is 5. The summed E-state index contributed by atoms with van der Waals surface area (Å²) >= 11 is 6.31. The molecule has 0 unspecified atom stereocenters. The number of hydrogen-bond donors (Lipinski definition) is 1. The maximum absolute atomic E-state index is 13.6. The molecule has 0 amide bonds. The maximum atomic E-state index is 13.6. The number of halogens is 2. The predicted molar refractivity (Wildman–Crippen MR) is 127 cm³/mol. The highest BCUT2D eigenvalue weighted by atomic mass is 35.5. The summed E-state index contributed by atoms with van der Waals surface area (Å²) in [5.41, 5.74) is 4.61. The molecule has 7 nitrogen and oxygen atoms in total. The van der Waals surface area contributed by atoms with Gasteiger partial charge in [0.1, 0.15) is 18.0 Å². The van der Waals surface area contributed by atoms with Gasteiger partial charge in [0.15, 0.2) is 11.6 Å². The fourth-order valence-electron chi connectivity index (χ4n) is 4.04. The topological polar surface area (TPSA) is 73.5 Å². The van der Waals surface area contributed by atoms with Crippen LogP contribution < -0.4 is 5.32 Å². The molecule has 0 saturated heterocycles. The van der Waals surface area contributed by atoms with Crippen molar-refractivity contribution in [1.29, 1.82) is 0 Å². The Morgan fingerprint density at radius 3 is 2.52 bits per heavy atom. The maximum Gasteiger partial charge on any atom is 0.159 e. The van der Waals surface area contributed by atoms with E-state index < -0.39 is 0 Å². The molecule has 0 atom stereocenters. The van der Waals surface area contributed by atoms with E-state index >= 15 is 0 Å². The lowest BCUT2D eigenvalue weighted by atomic mass is 10.0. The molecule has 4 aromatic rings. The van der Waals surface area contributed by atoms with Gasteiger partial charge in [0.25, 0.3) is 0 Å². The van der Waals surface area contributed by atoms with Crippen LogP contribution in [0.25, 0.3) is 17.1 Å². The Kier molecular flexibility index (Phi) is 5.62. The smallest absolute Gasteiger partial charge is 0.159 e. The van der Waals surface area contributed by atoms with Crippen LogP contribution in [0.5, 0.6) is 0 Å². The van der Waals surface area contributed by atoms with Crippen molar-refractivity contribution >= 4 is 23.2 Å². The highest BCUT2D eigenvalue weighted by Crippen LogP contribution is 2.36. The third kappa shape index (κ3) is 4.23. The first-order chi connectivity index (χ1) is 15.9. The first-order valence-electron chi connectivity index (χ1n) is 11.1. The van der Waals surface area contributed by atoms with Crippen molar-refractivity contribution in [3.63, 3.8) is 0 Å². The number of nitrogens with zero attached hydrogens (tertiary/aromatic N) is 6. The molecule has 1 aliphatic carbocycles. The molecule has 0 spiro atoms. The molecule has 1 saturated carbocycles. The summed E-state index contributed by atoms with van der Waals surface area (Å²) in [6, 6.07) is 8.44. The second-order valence-electron chi connectivity index (χ2n) is 8.44. The van der Waals surface area contributed by atoms with E-state index in [2.05, 4.69) is 32.0 Å². The fraction of sp³-hybridized carbons (Fsp3) is 0.333. The Hall–Kier alpha value is -3.26. The van der Waals surface area contributed by atoms with E-state index in [1.165, 1.54) is 31.3 Å². The first-order valence-corrected chi connectivity index (χ1v) is 11.5. The lowest BCUT2D eigenvalue weighted by molar-refractivity contribution is 0.570. The van der Waals surface area contributed by atoms with Gasteiger partial charge in [-0.15, -0.1) is 0 Å². The Bertz CT molecular complexity index is 1310. The molecule has 1 fully saturated rings. The van der Waals surface area contributed by atoms with Crippen molar-refractivity contribution < 1.29 is 4.39 Å². The van der Waals surface area contributed by atoms with E-state index in [9.17, 15) is 4.39 Å². The highest BCUT2D eigenvalue weighted by Gasteiger charge is 2.26. The van der Waals surface area contributed by atoms with Crippen LogP contribution in [-0.2, 0) is 13.0 Å². The SMILES string of the molecule is CCc1c(Nc2cc(-n3nc(C)c(Cl)c3C)ncn2)nn(CC2CC2)c1-c1ccc(F)cc1. The van der Waals surface area contributed by atoms with Crippen LogP contribution >= 0.6 is 11.6 Å². The van der Waals surface area contributed by atoms with Gasteiger partial charge >= 0.3 is 0 Å². The third-order valence-corrected chi connectivity index (χ3v) is 6.52. The van der Waals surface area contributed by atoms with Gasteiger partial charge in [-0.3, -0.25) is 4.68 Å². The van der Waals surface area contributed by atoms with Crippen molar-refractivity contribution in [1.82, 2.24) is 29.5 Å². The Morgan fingerprint density at radius 2 is 1.88 bits per heavy atom. The molecular weight excluding hydrogens is 441 g/mol. The van der Waals surface area contributed by atoms with Gasteiger partial charge in [-0.1, -0.05) is 18.5 Å². The van der Waals surface area contributed by atoms with Crippen molar-refractivity contribution in [2.45, 2.75) is 46.6 Å². The summed E-state index contributed by atoms with van der Waals surface area (Å²) in [7, 11) is 0. The molecule has 9 heteroatoms. The highest BCUT2D eigenvalue weighted by molar-refractivity contribution is 6.31. The zero-order valence-electron chi connectivity index (χ0n) is 18.8. The minimum atomic E-state index is -0.249. The second kappa shape index (κ2) is 8.59. The van der Waals surface area contributed by atoms with Gasteiger partial charge in [-0.2, -0.15) is 10.2 Å². The lowest BCUT2D eigenvalue weighted by Crippen LogP contribution is -2.06. The minimum Gasteiger partial charge on any atom is -0.323 e. The van der Waals surface area contributed by atoms with E-state index in [0.29, 0.717) is 22.6 Å². The molecule has 1 aromatic carbocycles. The monoisotopic (exact) mass is 465 g/mol. The van der Waals surface area contributed by atoms with E-state index in [0.717, 1.165) is 47.0 Å². The normalized spacial score (nSPS) is 13.5. The van der Waals surface area contributed by atoms with Crippen LogP contribution in [0.4, 0.5) is 16.0 Å². The van der Waals surface area contributed by atoms with Crippen LogP contribution in [0, 0.1) is 25.6 Å². The van der Waals surface area contributed by atoms with E-state index in [1.54, 1.807) is 4.68 Å². The van der Waals surface area contributed by atoms with Crippen molar-refractivity contribution in [3.8, 4) is 17.1 Å². The number of benzene rings is 1. The fourth-order valence-corrected chi connectivity index (χ4v) is 4.16.